The SMILES string of the molecule is CCCCCCCC[Te]C(=O)N(C)C. The van der Waals surface area contributed by atoms with E-state index in [2.05, 4.69) is 6.92 Å². The van der Waals surface area contributed by atoms with Crippen LogP contribution in [0.15, 0.2) is 0 Å². The van der Waals surface area contributed by atoms with Crippen LogP contribution >= 0.6 is 0 Å². The van der Waals surface area contributed by atoms with Crippen LogP contribution in [0, 0.1) is 0 Å². The molecule has 3 heteroatoms. The Hall–Kier alpha value is 0.260. The minimum absolute atomic E-state index is 0.388. The average Bonchev–Trinajstić information content (AvgIpc) is 2.16. The molecule has 0 saturated heterocycles. The normalized spacial score (nSPS) is 10.2. The second-order valence-corrected chi connectivity index (χ2v) is 6.76. The summed E-state index contributed by atoms with van der Waals surface area (Å²) in [5.41, 5.74) is 0. The zero-order valence-corrected chi connectivity index (χ0v) is 12.0. The first-order chi connectivity index (χ1) is 6.68. The predicted molar refractivity (Wildman–Crippen MR) is 63.0 cm³/mol. The number of rotatable bonds is 8. The molecule has 0 aromatic carbocycles. The molecule has 0 saturated carbocycles. The van der Waals surface area contributed by atoms with E-state index in [0.717, 1.165) is 0 Å². The molecule has 0 atom stereocenters. The number of unbranched alkanes of at least 4 members (excludes halogenated alkanes) is 5. The fourth-order valence-electron chi connectivity index (χ4n) is 1.17. The third kappa shape index (κ3) is 8.84. The molecule has 0 aliphatic rings. The molecule has 84 valence electrons. The molecule has 0 aliphatic carbocycles. The predicted octanol–water partition coefficient (Wildman–Crippen LogP) is 3.15. The van der Waals surface area contributed by atoms with Gasteiger partial charge < -0.3 is 0 Å². The van der Waals surface area contributed by atoms with Gasteiger partial charge >= 0.3 is 98.6 Å². The molecule has 0 radical (unpaired) electrons. The fraction of sp³-hybridized carbons (Fsp3) is 0.909. The number of amides is 1. The third-order valence-electron chi connectivity index (χ3n) is 2.09. The van der Waals surface area contributed by atoms with Gasteiger partial charge in [-0.1, -0.05) is 0 Å². The third-order valence-corrected chi connectivity index (χ3v) is 5.24. The summed E-state index contributed by atoms with van der Waals surface area (Å²) < 4.78 is 1.58. The first-order valence-corrected chi connectivity index (χ1v) is 8.34. The van der Waals surface area contributed by atoms with Gasteiger partial charge in [-0.3, -0.25) is 0 Å². The van der Waals surface area contributed by atoms with Crippen molar-refractivity contribution in [2.45, 2.75) is 49.9 Å². The first-order valence-electron chi connectivity index (χ1n) is 5.52. The topological polar surface area (TPSA) is 20.3 Å². The molecule has 0 aliphatic heterocycles. The summed E-state index contributed by atoms with van der Waals surface area (Å²) in [4.78, 5) is 13.0. The van der Waals surface area contributed by atoms with E-state index in [9.17, 15) is 4.79 Å². The Morgan fingerprint density at radius 1 is 1.07 bits per heavy atom. The van der Waals surface area contributed by atoms with E-state index < -0.39 is 0 Å². The Morgan fingerprint density at radius 3 is 2.21 bits per heavy atom. The summed E-state index contributed by atoms with van der Waals surface area (Å²) in [5, 5.41) is 0. The van der Waals surface area contributed by atoms with Gasteiger partial charge in [-0.25, -0.2) is 0 Å². The Bertz CT molecular complexity index is 148. The van der Waals surface area contributed by atoms with Crippen LogP contribution in [0.3, 0.4) is 0 Å². The van der Waals surface area contributed by atoms with Crippen LogP contribution in [0.5, 0.6) is 0 Å². The number of carbonyl (C=O) groups excluding carboxylic acids is 1. The Labute approximate surface area is 98.5 Å². The van der Waals surface area contributed by atoms with E-state index in [1.165, 1.54) is 43.0 Å². The first kappa shape index (κ1) is 14.3. The Kier molecular flexibility index (Phi) is 9.98. The molecular formula is C11H23NOTe. The van der Waals surface area contributed by atoms with Gasteiger partial charge in [0.25, 0.3) is 0 Å². The van der Waals surface area contributed by atoms with E-state index in [-0.39, 0.29) is 20.9 Å². The van der Waals surface area contributed by atoms with Crippen LogP contribution in [0.2, 0.25) is 4.47 Å². The van der Waals surface area contributed by atoms with Crippen LogP contribution in [-0.4, -0.2) is 43.9 Å². The van der Waals surface area contributed by atoms with Crippen molar-refractivity contribution in [3.05, 3.63) is 0 Å². The molecule has 2 nitrogen and oxygen atoms in total. The van der Waals surface area contributed by atoms with Gasteiger partial charge in [-0.15, -0.1) is 0 Å². The molecule has 1 amide bonds. The summed E-state index contributed by atoms with van der Waals surface area (Å²) in [6.45, 7) is 2.24. The van der Waals surface area contributed by atoms with Crippen molar-refractivity contribution in [1.29, 1.82) is 0 Å². The molecule has 0 rings (SSSR count). The van der Waals surface area contributed by atoms with Gasteiger partial charge in [0.05, 0.1) is 0 Å². The second kappa shape index (κ2) is 9.80. The van der Waals surface area contributed by atoms with Gasteiger partial charge in [-0.05, 0) is 0 Å². The number of hydrogen-bond acceptors (Lipinski definition) is 1. The van der Waals surface area contributed by atoms with Crippen molar-refractivity contribution < 1.29 is 4.79 Å². The summed E-state index contributed by atoms with van der Waals surface area (Å²) in [6.07, 6.45) is 8.01. The van der Waals surface area contributed by atoms with Gasteiger partial charge in [0.15, 0.2) is 0 Å². The number of hydrogen-bond donors (Lipinski definition) is 0. The van der Waals surface area contributed by atoms with Crippen molar-refractivity contribution in [1.82, 2.24) is 4.90 Å². The molecular weight excluding hydrogens is 290 g/mol. The zero-order valence-electron chi connectivity index (χ0n) is 9.71. The molecule has 0 N–H and O–H groups in total. The molecule has 0 unspecified atom stereocenters. The van der Waals surface area contributed by atoms with Gasteiger partial charge in [0.2, 0.25) is 0 Å². The maximum absolute atomic E-state index is 11.3. The average molecular weight is 313 g/mol. The fourth-order valence-corrected chi connectivity index (χ4v) is 3.40. The maximum atomic E-state index is 11.3. The van der Waals surface area contributed by atoms with Crippen molar-refractivity contribution in [3.63, 3.8) is 0 Å². The summed E-state index contributed by atoms with van der Waals surface area (Å²) in [7, 11) is 3.71. The summed E-state index contributed by atoms with van der Waals surface area (Å²) >= 11 is -0.388. The van der Waals surface area contributed by atoms with Crippen molar-refractivity contribution in [2.75, 3.05) is 14.1 Å². The van der Waals surface area contributed by atoms with Crippen LogP contribution in [0.25, 0.3) is 0 Å². The zero-order chi connectivity index (χ0) is 10.8. The second-order valence-electron chi connectivity index (χ2n) is 3.78. The molecule has 0 aromatic heterocycles. The standard InChI is InChI=1S/C11H23NOTe/c1-4-5-6-7-8-9-10-14-11(13)12(2)3/h4-10H2,1-3H3. The van der Waals surface area contributed by atoms with Gasteiger partial charge in [0, 0.05) is 0 Å². The van der Waals surface area contributed by atoms with Crippen molar-refractivity contribution in [2.24, 2.45) is 0 Å². The van der Waals surface area contributed by atoms with Crippen LogP contribution < -0.4 is 0 Å². The Balaban J connectivity index is 3.10. The molecule has 0 heterocycles. The van der Waals surface area contributed by atoms with Gasteiger partial charge in [-0.2, -0.15) is 0 Å². The quantitative estimate of drug-likeness (QED) is 0.498. The summed E-state index contributed by atoms with van der Waals surface area (Å²) in [6, 6.07) is 0. The van der Waals surface area contributed by atoms with E-state index in [0.29, 0.717) is 3.96 Å². The van der Waals surface area contributed by atoms with Crippen LogP contribution in [-0.2, 0) is 0 Å². The monoisotopic (exact) mass is 315 g/mol. The molecule has 0 bridgehead atoms. The summed E-state index contributed by atoms with van der Waals surface area (Å²) in [5.74, 6) is 0. The van der Waals surface area contributed by atoms with Crippen molar-refractivity contribution in [3.8, 4) is 0 Å². The number of nitrogens with zero attached hydrogens (tertiary/aromatic N) is 1. The molecule has 14 heavy (non-hydrogen) atoms. The van der Waals surface area contributed by atoms with Crippen LogP contribution in [0.1, 0.15) is 45.4 Å². The Morgan fingerprint density at radius 2 is 1.64 bits per heavy atom. The van der Waals surface area contributed by atoms with E-state index in [4.69, 9.17) is 0 Å². The van der Waals surface area contributed by atoms with Gasteiger partial charge in [0.1, 0.15) is 0 Å². The minimum atomic E-state index is -0.388. The van der Waals surface area contributed by atoms with E-state index >= 15 is 0 Å². The van der Waals surface area contributed by atoms with E-state index in [1.807, 2.05) is 14.1 Å². The molecule has 0 spiro atoms. The molecule has 0 fully saturated rings. The van der Waals surface area contributed by atoms with Crippen LogP contribution in [0.4, 0.5) is 4.79 Å². The molecule has 0 aromatic rings. The van der Waals surface area contributed by atoms with Crippen molar-refractivity contribution >= 4 is 24.9 Å². The number of carbonyl (C=O) groups is 1. The van der Waals surface area contributed by atoms with E-state index in [1.54, 1.807) is 4.90 Å².